The minimum Gasteiger partial charge on any atom is -0.489 e. The van der Waals surface area contributed by atoms with Gasteiger partial charge in [0.25, 0.3) is 0 Å². The van der Waals surface area contributed by atoms with E-state index in [1.807, 2.05) is 0 Å². The third-order valence-corrected chi connectivity index (χ3v) is 2.60. The molecule has 0 aliphatic carbocycles. The van der Waals surface area contributed by atoms with Gasteiger partial charge in [0, 0.05) is 6.54 Å². The highest BCUT2D eigenvalue weighted by Crippen LogP contribution is 2.22. The monoisotopic (exact) mass is 207 g/mol. The van der Waals surface area contributed by atoms with Crippen LogP contribution in [0.25, 0.3) is 0 Å². The zero-order chi connectivity index (χ0) is 11.4. The van der Waals surface area contributed by atoms with Crippen LogP contribution in [-0.4, -0.2) is 12.6 Å². The van der Waals surface area contributed by atoms with E-state index in [1.165, 1.54) is 11.1 Å². The maximum atomic E-state index is 5.91. The van der Waals surface area contributed by atoms with Gasteiger partial charge in [0.2, 0.25) is 0 Å². The van der Waals surface area contributed by atoms with E-state index in [0.29, 0.717) is 12.5 Å². The molecule has 0 saturated carbocycles. The fourth-order valence-electron chi connectivity index (χ4n) is 1.45. The summed E-state index contributed by atoms with van der Waals surface area (Å²) in [6, 6.07) is 6.24. The maximum absolute atomic E-state index is 5.91. The highest BCUT2D eigenvalue weighted by atomic mass is 16.5. The van der Waals surface area contributed by atoms with Gasteiger partial charge in [0.1, 0.15) is 11.9 Å². The summed E-state index contributed by atoms with van der Waals surface area (Å²) in [5, 5.41) is 0. The number of benzene rings is 1. The minimum absolute atomic E-state index is 0.102. The summed E-state index contributed by atoms with van der Waals surface area (Å²) in [4.78, 5) is 0. The molecule has 0 heterocycles. The van der Waals surface area contributed by atoms with Crippen LogP contribution >= 0.6 is 0 Å². The Morgan fingerprint density at radius 3 is 2.47 bits per heavy atom. The van der Waals surface area contributed by atoms with Crippen molar-refractivity contribution in [1.29, 1.82) is 0 Å². The van der Waals surface area contributed by atoms with Crippen molar-refractivity contribution in [3.63, 3.8) is 0 Å². The number of rotatable bonds is 4. The zero-order valence-corrected chi connectivity index (χ0v) is 10.1. The SMILES string of the molecule is Cc1ccc(C)c(OC(CN)C(C)C)c1. The van der Waals surface area contributed by atoms with E-state index in [-0.39, 0.29) is 6.10 Å². The van der Waals surface area contributed by atoms with Gasteiger partial charge in [-0.25, -0.2) is 0 Å². The molecule has 15 heavy (non-hydrogen) atoms. The Kier molecular flexibility index (Phi) is 4.15. The van der Waals surface area contributed by atoms with E-state index in [4.69, 9.17) is 10.5 Å². The van der Waals surface area contributed by atoms with E-state index >= 15 is 0 Å². The molecular weight excluding hydrogens is 186 g/mol. The average Bonchev–Trinajstić information content (AvgIpc) is 2.18. The Morgan fingerprint density at radius 1 is 1.27 bits per heavy atom. The molecule has 0 aliphatic heterocycles. The van der Waals surface area contributed by atoms with Crippen LogP contribution in [0.2, 0.25) is 0 Å². The van der Waals surface area contributed by atoms with Crippen molar-refractivity contribution in [2.75, 3.05) is 6.54 Å². The first kappa shape index (κ1) is 12.1. The van der Waals surface area contributed by atoms with Crippen LogP contribution in [0.4, 0.5) is 0 Å². The molecule has 0 bridgehead atoms. The standard InChI is InChI=1S/C13H21NO/c1-9(2)13(8-14)15-12-7-10(3)5-6-11(12)4/h5-7,9,13H,8,14H2,1-4H3. The predicted molar refractivity (Wildman–Crippen MR) is 64.2 cm³/mol. The molecule has 0 amide bonds. The van der Waals surface area contributed by atoms with Crippen molar-refractivity contribution in [3.05, 3.63) is 29.3 Å². The van der Waals surface area contributed by atoms with Crippen LogP contribution in [0.1, 0.15) is 25.0 Å². The van der Waals surface area contributed by atoms with Crippen molar-refractivity contribution >= 4 is 0 Å². The molecule has 84 valence electrons. The Morgan fingerprint density at radius 2 is 1.93 bits per heavy atom. The van der Waals surface area contributed by atoms with Crippen molar-refractivity contribution in [3.8, 4) is 5.75 Å². The molecule has 2 nitrogen and oxygen atoms in total. The Hall–Kier alpha value is -1.02. The van der Waals surface area contributed by atoms with Gasteiger partial charge in [-0.1, -0.05) is 26.0 Å². The van der Waals surface area contributed by atoms with Crippen LogP contribution in [-0.2, 0) is 0 Å². The Balaban J connectivity index is 2.82. The lowest BCUT2D eigenvalue weighted by Crippen LogP contribution is -2.31. The molecule has 1 atom stereocenters. The summed E-state index contributed by atoms with van der Waals surface area (Å²) in [5.74, 6) is 1.40. The first-order valence-electron chi connectivity index (χ1n) is 5.48. The van der Waals surface area contributed by atoms with E-state index in [2.05, 4.69) is 45.9 Å². The number of nitrogens with two attached hydrogens (primary N) is 1. The Bertz CT molecular complexity index is 320. The molecule has 0 fully saturated rings. The minimum atomic E-state index is 0.102. The first-order chi connectivity index (χ1) is 7.04. The van der Waals surface area contributed by atoms with Crippen LogP contribution in [0, 0.1) is 19.8 Å². The highest BCUT2D eigenvalue weighted by molar-refractivity contribution is 5.36. The fraction of sp³-hybridized carbons (Fsp3) is 0.538. The average molecular weight is 207 g/mol. The number of aryl methyl sites for hydroxylation is 2. The summed E-state index contributed by atoms with van der Waals surface area (Å²) >= 11 is 0. The predicted octanol–water partition coefficient (Wildman–Crippen LogP) is 2.67. The highest BCUT2D eigenvalue weighted by Gasteiger charge is 2.14. The van der Waals surface area contributed by atoms with E-state index < -0.39 is 0 Å². The molecule has 0 spiro atoms. The lowest BCUT2D eigenvalue weighted by Gasteiger charge is -2.22. The van der Waals surface area contributed by atoms with Gasteiger partial charge in [-0.2, -0.15) is 0 Å². The topological polar surface area (TPSA) is 35.2 Å². The fourth-order valence-corrected chi connectivity index (χ4v) is 1.45. The normalized spacial score (nSPS) is 12.9. The molecule has 0 aliphatic rings. The van der Waals surface area contributed by atoms with Gasteiger partial charge in [-0.3, -0.25) is 0 Å². The lowest BCUT2D eigenvalue weighted by atomic mass is 10.1. The van der Waals surface area contributed by atoms with Gasteiger partial charge in [0.15, 0.2) is 0 Å². The van der Waals surface area contributed by atoms with Crippen LogP contribution in [0.5, 0.6) is 5.75 Å². The zero-order valence-electron chi connectivity index (χ0n) is 10.1. The molecule has 2 N–H and O–H groups in total. The van der Waals surface area contributed by atoms with E-state index in [1.54, 1.807) is 0 Å². The van der Waals surface area contributed by atoms with Crippen molar-refractivity contribution in [2.45, 2.75) is 33.8 Å². The molecule has 1 rings (SSSR count). The van der Waals surface area contributed by atoms with Gasteiger partial charge < -0.3 is 10.5 Å². The second kappa shape index (κ2) is 5.17. The number of hydrogen-bond donors (Lipinski definition) is 1. The van der Waals surface area contributed by atoms with Crippen molar-refractivity contribution in [1.82, 2.24) is 0 Å². The quantitative estimate of drug-likeness (QED) is 0.823. The molecule has 0 aromatic heterocycles. The number of hydrogen-bond acceptors (Lipinski definition) is 2. The Labute approximate surface area is 92.4 Å². The summed E-state index contributed by atoms with van der Waals surface area (Å²) in [5.41, 5.74) is 8.07. The lowest BCUT2D eigenvalue weighted by molar-refractivity contribution is 0.158. The number of ether oxygens (including phenoxy) is 1. The van der Waals surface area contributed by atoms with E-state index in [9.17, 15) is 0 Å². The second-order valence-corrected chi connectivity index (χ2v) is 4.40. The summed E-state index contributed by atoms with van der Waals surface area (Å²) < 4.78 is 5.91. The molecule has 1 aromatic rings. The smallest absolute Gasteiger partial charge is 0.122 e. The molecule has 0 radical (unpaired) electrons. The summed E-state index contributed by atoms with van der Waals surface area (Å²) in [6.07, 6.45) is 0.102. The van der Waals surface area contributed by atoms with Gasteiger partial charge in [0.05, 0.1) is 0 Å². The van der Waals surface area contributed by atoms with Crippen molar-refractivity contribution < 1.29 is 4.74 Å². The van der Waals surface area contributed by atoms with Crippen LogP contribution in [0.15, 0.2) is 18.2 Å². The van der Waals surface area contributed by atoms with E-state index in [0.717, 1.165) is 5.75 Å². The van der Waals surface area contributed by atoms with Crippen LogP contribution < -0.4 is 10.5 Å². The van der Waals surface area contributed by atoms with Gasteiger partial charge >= 0.3 is 0 Å². The molecule has 0 saturated heterocycles. The first-order valence-corrected chi connectivity index (χ1v) is 5.48. The summed E-state index contributed by atoms with van der Waals surface area (Å²) in [7, 11) is 0. The third-order valence-electron chi connectivity index (χ3n) is 2.60. The van der Waals surface area contributed by atoms with Gasteiger partial charge in [-0.05, 0) is 37.0 Å². The van der Waals surface area contributed by atoms with Crippen molar-refractivity contribution in [2.24, 2.45) is 11.7 Å². The van der Waals surface area contributed by atoms with Gasteiger partial charge in [-0.15, -0.1) is 0 Å². The molecule has 2 heteroatoms. The maximum Gasteiger partial charge on any atom is 0.122 e. The molecule has 1 aromatic carbocycles. The molecule has 1 unspecified atom stereocenters. The molecular formula is C13H21NO. The summed E-state index contributed by atoms with van der Waals surface area (Å²) in [6.45, 7) is 8.94. The third kappa shape index (κ3) is 3.24. The second-order valence-electron chi connectivity index (χ2n) is 4.40. The largest absolute Gasteiger partial charge is 0.489 e. The van der Waals surface area contributed by atoms with Crippen LogP contribution in [0.3, 0.4) is 0 Å².